The van der Waals surface area contributed by atoms with Gasteiger partial charge in [0.05, 0.1) is 6.10 Å². The molecule has 0 aromatic carbocycles. The highest BCUT2D eigenvalue weighted by atomic mass is 16.7. The van der Waals surface area contributed by atoms with Gasteiger partial charge in [0, 0.05) is 19.4 Å². The van der Waals surface area contributed by atoms with Crippen LogP contribution in [0.2, 0.25) is 0 Å². The lowest BCUT2D eigenvalue weighted by atomic mass is 9.95. The first-order valence-electron chi connectivity index (χ1n) is 4.15. The van der Waals surface area contributed by atoms with E-state index in [1.165, 1.54) is 7.11 Å². The first-order chi connectivity index (χ1) is 6.06. The molecule has 4 atom stereocenters. The third-order valence-electron chi connectivity index (χ3n) is 2.30. The molecule has 0 amide bonds. The van der Waals surface area contributed by atoms with E-state index in [2.05, 4.69) is 0 Å². The van der Waals surface area contributed by atoms with Gasteiger partial charge in [-0.3, -0.25) is 0 Å². The van der Waals surface area contributed by atoms with Gasteiger partial charge in [-0.1, -0.05) is 6.92 Å². The predicted octanol–water partition coefficient (Wildman–Crippen LogP) is -0.171. The van der Waals surface area contributed by atoms with E-state index >= 15 is 0 Å². The predicted molar refractivity (Wildman–Crippen MR) is 43.1 cm³/mol. The van der Waals surface area contributed by atoms with Crippen LogP contribution in [0.5, 0.6) is 0 Å². The number of carboxylic acid groups (broad SMARTS) is 1. The summed E-state index contributed by atoms with van der Waals surface area (Å²) in [5.74, 6) is -1.26. The molecule has 1 rings (SSSR count). The second-order valence-corrected chi connectivity index (χ2v) is 3.23. The zero-order valence-corrected chi connectivity index (χ0v) is 7.64. The maximum absolute atomic E-state index is 10.6. The van der Waals surface area contributed by atoms with Crippen molar-refractivity contribution in [3.8, 4) is 0 Å². The van der Waals surface area contributed by atoms with Crippen LogP contribution in [-0.4, -0.2) is 41.8 Å². The van der Waals surface area contributed by atoms with E-state index in [1.54, 1.807) is 6.92 Å². The van der Waals surface area contributed by atoms with Gasteiger partial charge in [0.2, 0.25) is 0 Å². The highest BCUT2D eigenvalue weighted by Gasteiger charge is 2.38. The number of aliphatic hydroxyl groups excluding tert-OH is 1. The van der Waals surface area contributed by atoms with Crippen molar-refractivity contribution in [2.45, 2.75) is 31.8 Å². The molecule has 5 heteroatoms. The van der Waals surface area contributed by atoms with Crippen molar-refractivity contribution in [3.05, 3.63) is 0 Å². The van der Waals surface area contributed by atoms with Gasteiger partial charge < -0.3 is 19.7 Å². The van der Waals surface area contributed by atoms with Crippen molar-refractivity contribution < 1.29 is 24.5 Å². The topological polar surface area (TPSA) is 76.0 Å². The molecule has 1 aliphatic rings. The molecular weight excluding hydrogens is 176 g/mol. The summed E-state index contributed by atoms with van der Waals surface area (Å²) >= 11 is 0. The summed E-state index contributed by atoms with van der Waals surface area (Å²) in [5, 5.41) is 18.1. The molecule has 5 nitrogen and oxygen atoms in total. The quantitative estimate of drug-likeness (QED) is 0.632. The molecule has 1 saturated heterocycles. The molecule has 2 N–H and O–H groups in total. The Kier molecular flexibility index (Phi) is 3.24. The largest absolute Gasteiger partial charge is 0.479 e. The third kappa shape index (κ3) is 2.18. The van der Waals surface area contributed by atoms with E-state index in [9.17, 15) is 9.90 Å². The molecule has 76 valence electrons. The number of rotatable bonds is 2. The minimum atomic E-state index is -1.06. The van der Waals surface area contributed by atoms with E-state index in [0.29, 0.717) is 0 Å². The van der Waals surface area contributed by atoms with E-state index in [4.69, 9.17) is 14.6 Å². The van der Waals surface area contributed by atoms with Crippen LogP contribution in [0.1, 0.15) is 13.3 Å². The smallest absolute Gasteiger partial charge is 0.333 e. The Balaban J connectivity index is 2.63. The summed E-state index contributed by atoms with van der Waals surface area (Å²) in [5.41, 5.74) is 0. The molecular formula is C8H14O5. The fraction of sp³-hybridized carbons (Fsp3) is 0.875. The van der Waals surface area contributed by atoms with Crippen LogP contribution in [0.4, 0.5) is 0 Å². The van der Waals surface area contributed by atoms with E-state index < -0.39 is 24.5 Å². The molecule has 1 unspecified atom stereocenters. The van der Waals surface area contributed by atoms with Crippen LogP contribution in [0.25, 0.3) is 0 Å². The molecule has 0 aromatic rings. The molecule has 13 heavy (non-hydrogen) atoms. The molecule has 0 radical (unpaired) electrons. The fourth-order valence-corrected chi connectivity index (χ4v) is 1.39. The Morgan fingerprint density at radius 3 is 2.69 bits per heavy atom. The van der Waals surface area contributed by atoms with Crippen LogP contribution >= 0.6 is 0 Å². The van der Waals surface area contributed by atoms with Gasteiger partial charge in [-0.15, -0.1) is 0 Å². The van der Waals surface area contributed by atoms with E-state index in [-0.39, 0.29) is 12.3 Å². The van der Waals surface area contributed by atoms with Gasteiger partial charge in [-0.05, 0) is 0 Å². The molecule has 0 aliphatic carbocycles. The van der Waals surface area contributed by atoms with Gasteiger partial charge >= 0.3 is 5.97 Å². The monoisotopic (exact) mass is 190 g/mol. The van der Waals surface area contributed by atoms with Crippen molar-refractivity contribution in [2.75, 3.05) is 7.11 Å². The summed E-state index contributed by atoms with van der Waals surface area (Å²) < 4.78 is 10.0. The molecule has 1 fully saturated rings. The van der Waals surface area contributed by atoms with Crippen molar-refractivity contribution in [3.63, 3.8) is 0 Å². The van der Waals surface area contributed by atoms with Crippen molar-refractivity contribution in [2.24, 2.45) is 5.92 Å². The highest BCUT2D eigenvalue weighted by Crippen LogP contribution is 2.25. The number of ether oxygens (including phenoxy) is 2. The zero-order valence-electron chi connectivity index (χ0n) is 7.64. The average molecular weight is 190 g/mol. The number of hydrogen-bond donors (Lipinski definition) is 2. The second-order valence-electron chi connectivity index (χ2n) is 3.23. The van der Waals surface area contributed by atoms with Crippen LogP contribution in [0, 0.1) is 5.92 Å². The molecule has 0 spiro atoms. The Labute approximate surface area is 76.3 Å². The van der Waals surface area contributed by atoms with Crippen LogP contribution in [0.15, 0.2) is 0 Å². The van der Waals surface area contributed by atoms with Crippen molar-refractivity contribution in [1.82, 2.24) is 0 Å². The first kappa shape index (κ1) is 10.4. The number of aliphatic carboxylic acids is 1. The number of carboxylic acids is 1. The minimum absolute atomic E-state index is 0.121. The maximum atomic E-state index is 10.6. The van der Waals surface area contributed by atoms with E-state index in [1.807, 2.05) is 0 Å². The third-order valence-corrected chi connectivity index (χ3v) is 2.30. The summed E-state index contributed by atoms with van der Waals surface area (Å²) in [7, 11) is 1.43. The minimum Gasteiger partial charge on any atom is -0.479 e. The Morgan fingerprint density at radius 1 is 1.62 bits per heavy atom. The lowest BCUT2D eigenvalue weighted by molar-refractivity contribution is -0.236. The zero-order chi connectivity index (χ0) is 10.0. The molecule has 0 aromatic heterocycles. The lowest BCUT2D eigenvalue weighted by Crippen LogP contribution is -2.46. The molecule has 0 saturated carbocycles. The highest BCUT2D eigenvalue weighted by molar-refractivity contribution is 5.72. The van der Waals surface area contributed by atoms with Gasteiger partial charge in [-0.2, -0.15) is 0 Å². The summed E-state index contributed by atoms with van der Waals surface area (Å²) in [4.78, 5) is 10.6. The Morgan fingerprint density at radius 2 is 2.23 bits per heavy atom. The normalized spacial score (nSPS) is 40.2. The number of methoxy groups -OCH3 is 1. The summed E-state index contributed by atoms with van der Waals surface area (Å²) in [6, 6.07) is 0. The molecule has 0 bridgehead atoms. The van der Waals surface area contributed by atoms with Gasteiger partial charge in [0.15, 0.2) is 12.4 Å². The van der Waals surface area contributed by atoms with Crippen LogP contribution in [0.3, 0.4) is 0 Å². The SMILES string of the molecule is CO[C@@H]1O[C@H](C(=O)O)C[C@H](O)C1C. The maximum Gasteiger partial charge on any atom is 0.333 e. The summed E-state index contributed by atoms with van der Waals surface area (Å²) in [6.45, 7) is 1.76. The molecule has 1 aliphatic heterocycles. The van der Waals surface area contributed by atoms with Gasteiger partial charge in [0.1, 0.15) is 0 Å². The first-order valence-corrected chi connectivity index (χ1v) is 4.15. The average Bonchev–Trinajstić information content (AvgIpc) is 2.09. The summed E-state index contributed by atoms with van der Waals surface area (Å²) in [6.07, 6.45) is -2.16. The second kappa shape index (κ2) is 4.04. The number of hydrogen-bond acceptors (Lipinski definition) is 4. The number of aliphatic hydroxyl groups is 1. The van der Waals surface area contributed by atoms with Crippen LogP contribution < -0.4 is 0 Å². The number of carbonyl (C=O) groups is 1. The fourth-order valence-electron chi connectivity index (χ4n) is 1.39. The van der Waals surface area contributed by atoms with Gasteiger partial charge in [0.25, 0.3) is 0 Å². The van der Waals surface area contributed by atoms with E-state index in [0.717, 1.165) is 0 Å². The standard InChI is InChI=1S/C8H14O5/c1-4-5(9)3-6(7(10)11)13-8(4)12-2/h4-6,8-9H,3H2,1-2H3,(H,10,11)/t4?,5-,6-,8+/m0/s1. The van der Waals surface area contributed by atoms with Gasteiger partial charge in [-0.25, -0.2) is 4.79 Å². The van der Waals surface area contributed by atoms with Crippen molar-refractivity contribution in [1.29, 1.82) is 0 Å². The lowest BCUT2D eigenvalue weighted by Gasteiger charge is -2.35. The van der Waals surface area contributed by atoms with Crippen LogP contribution in [-0.2, 0) is 14.3 Å². The molecule has 1 heterocycles. The van der Waals surface area contributed by atoms with Crippen molar-refractivity contribution >= 4 is 5.97 Å². The Bertz CT molecular complexity index is 193. The Hall–Kier alpha value is -0.650.